The van der Waals surface area contributed by atoms with Gasteiger partial charge in [-0.05, 0) is 27.0 Å². The average Bonchev–Trinajstić information content (AvgIpc) is 2.70. The first kappa shape index (κ1) is 14.9. The van der Waals surface area contributed by atoms with Gasteiger partial charge < -0.3 is 10.1 Å². The second kappa shape index (κ2) is 6.29. The number of rotatable bonds is 5. The van der Waals surface area contributed by atoms with Gasteiger partial charge in [-0.3, -0.25) is 4.68 Å². The maximum Gasteiger partial charge on any atom is 0.131 e. The van der Waals surface area contributed by atoms with Crippen molar-refractivity contribution in [3.63, 3.8) is 0 Å². The van der Waals surface area contributed by atoms with Crippen molar-refractivity contribution in [3.05, 3.63) is 46.2 Å². The molecule has 0 spiro atoms. The lowest BCUT2D eigenvalue weighted by Gasteiger charge is -2.16. The normalized spacial score (nSPS) is 12.4. The van der Waals surface area contributed by atoms with Gasteiger partial charge in [-0.1, -0.05) is 29.8 Å². The maximum absolute atomic E-state index is 6.23. The Hall–Kier alpha value is -1.52. The highest BCUT2D eigenvalue weighted by molar-refractivity contribution is 6.31. The minimum atomic E-state index is 0.231. The molecule has 1 aromatic carbocycles. The van der Waals surface area contributed by atoms with Crippen molar-refractivity contribution in [1.82, 2.24) is 15.1 Å². The van der Waals surface area contributed by atoms with E-state index in [1.54, 1.807) is 4.68 Å². The van der Waals surface area contributed by atoms with Crippen molar-refractivity contribution < 1.29 is 4.74 Å². The number of nitrogens with one attached hydrogen (secondary N) is 1. The minimum Gasteiger partial charge on any atom is -0.487 e. The predicted molar refractivity (Wildman–Crippen MR) is 81.2 cm³/mol. The van der Waals surface area contributed by atoms with Gasteiger partial charge in [-0.2, -0.15) is 5.10 Å². The van der Waals surface area contributed by atoms with Crippen LogP contribution < -0.4 is 10.1 Å². The molecule has 0 saturated carbocycles. The highest BCUT2D eigenvalue weighted by Crippen LogP contribution is 2.27. The average molecular weight is 294 g/mol. The Morgan fingerprint density at radius 1 is 1.40 bits per heavy atom. The molecule has 1 N–H and O–H groups in total. The lowest BCUT2D eigenvalue weighted by molar-refractivity contribution is 0.289. The Kier molecular flexibility index (Phi) is 4.68. The molecule has 2 rings (SSSR count). The van der Waals surface area contributed by atoms with Crippen LogP contribution in [0.15, 0.2) is 24.3 Å². The number of para-hydroxylation sites is 1. The summed E-state index contributed by atoms with van der Waals surface area (Å²) < 4.78 is 7.70. The highest BCUT2D eigenvalue weighted by Gasteiger charge is 2.14. The summed E-state index contributed by atoms with van der Waals surface area (Å²) in [5.74, 6) is 0.865. The molecule has 0 aliphatic carbocycles. The second-order valence-electron chi connectivity index (χ2n) is 4.81. The molecule has 1 unspecified atom stereocenters. The van der Waals surface area contributed by atoms with E-state index in [4.69, 9.17) is 16.3 Å². The van der Waals surface area contributed by atoms with Crippen molar-refractivity contribution in [3.8, 4) is 5.75 Å². The van der Waals surface area contributed by atoms with Crippen LogP contribution in [0.5, 0.6) is 5.75 Å². The van der Waals surface area contributed by atoms with Crippen LogP contribution in [-0.4, -0.2) is 16.8 Å². The minimum absolute atomic E-state index is 0.231. The molecule has 1 heterocycles. The Bertz CT molecular complexity index is 595. The molecule has 5 heteroatoms. The number of halogens is 1. The molecule has 2 aromatic rings. The van der Waals surface area contributed by atoms with Gasteiger partial charge in [0, 0.05) is 18.7 Å². The topological polar surface area (TPSA) is 39.1 Å². The monoisotopic (exact) mass is 293 g/mol. The third-order valence-corrected chi connectivity index (χ3v) is 3.94. The summed E-state index contributed by atoms with van der Waals surface area (Å²) in [5.41, 5.74) is 2.84. The number of aryl methyl sites for hydroxylation is 2. The summed E-state index contributed by atoms with van der Waals surface area (Å²) in [5, 5.41) is 8.18. The zero-order chi connectivity index (χ0) is 14.7. The molecular weight excluding hydrogens is 274 g/mol. The number of hydrogen-bond donors (Lipinski definition) is 1. The second-order valence-corrected chi connectivity index (χ2v) is 5.18. The molecule has 0 amide bonds. The summed E-state index contributed by atoms with van der Waals surface area (Å²) in [6, 6.07) is 8.25. The molecule has 0 aliphatic rings. The van der Waals surface area contributed by atoms with Gasteiger partial charge in [0.2, 0.25) is 0 Å². The number of ether oxygens (including phenoxy) is 1. The van der Waals surface area contributed by atoms with Gasteiger partial charge in [0.1, 0.15) is 12.4 Å². The maximum atomic E-state index is 6.23. The number of benzene rings is 1. The summed E-state index contributed by atoms with van der Waals surface area (Å²) in [7, 11) is 3.81. The van der Waals surface area contributed by atoms with E-state index in [2.05, 4.69) is 23.4 Å². The first-order valence-electron chi connectivity index (χ1n) is 6.61. The SMILES string of the molecule is CNC(C)c1ccccc1OCc1c(Cl)c(C)nn1C. The van der Waals surface area contributed by atoms with E-state index in [1.807, 2.05) is 39.2 Å². The van der Waals surface area contributed by atoms with E-state index in [0.29, 0.717) is 11.6 Å². The third kappa shape index (κ3) is 2.97. The van der Waals surface area contributed by atoms with Gasteiger partial charge >= 0.3 is 0 Å². The molecule has 1 atom stereocenters. The van der Waals surface area contributed by atoms with E-state index in [9.17, 15) is 0 Å². The molecule has 0 bridgehead atoms. The molecule has 20 heavy (non-hydrogen) atoms. The van der Waals surface area contributed by atoms with Crippen LogP contribution in [0.25, 0.3) is 0 Å². The van der Waals surface area contributed by atoms with Crippen molar-refractivity contribution >= 4 is 11.6 Å². The quantitative estimate of drug-likeness (QED) is 0.920. The molecule has 0 fully saturated rings. The smallest absolute Gasteiger partial charge is 0.131 e. The van der Waals surface area contributed by atoms with Crippen molar-refractivity contribution in [1.29, 1.82) is 0 Å². The highest BCUT2D eigenvalue weighted by atomic mass is 35.5. The van der Waals surface area contributed by atoms with Gasteiger partial charge in [0.25, 0.3) is 0 Å². The standard InChI is InChI=1S/C15H20ClN3O/c1-10(17-3)12-7-5-6-8-14(12)20-9-13-15(16)11(2)18-19(13)4/h5-8,10,17H,9H2,1-4H3. The van der Waals surface area contributed by atoms with Crippen molar-refractivity contribution in [2.24, 2.45) is 7.05 Å². The van der Waals surface area contributed by atoms with Gasteiger partial charge in [-0.25, -0.2) is 0 Å². The summed E-state index contributed by atoms with van der Waals surface area (Å²) in [4.78, 5) is 0. The zero-order valence-electron chi connectivity index (χ0n) is 12.3. The van der Waals surface area contributed by atoms with Crippen LogP contribution in [0.4, 0.5) is 0 Å². The van der Waals surface area contributed by atoms with Gasteiger partial charge in [-0.15, -0.1) is 0 Å². The fourth-order valence-electron chi connectivity index (χ4n) is 2.11. The fraction of sp³-hybridized carbons (Fsp3) is 0.400. The molecule has 4 nitrogen and oxygen atoms in total. The van der Waals surface area contributed by atoms with E-state index in [-0.39, 0.29) is 6.04 Å². The lowest BCUT2D eigenvalue weighted by atomic mass is 10.1. The molecular formula is C15H20ClN3O. The number of nitrogens with zero attached hydrogens (tertiary/aromatic N) is 2. The summed E-state index contributed by atoms with van der Waals surface area (Å²) >= 11 is 6.23. The third-order valence-electron chi connectivity index (χ3n) is 3.44. The summed E-state index contributed by atoms with van der Waals surface area (Å²) in [6.07, 6.45) is 0. The Morgan fingerprint density at radius 3 is 2.70 bits per heavy atom. The van der Waals surface area contributed by atoms with E-state index in [0.717, 1.165) is 22.7 Å². The van der Waals surface area contributed by atoms with Crippen LogP contribution >= 0.6 is 11.6 Å². The lowest BCUT2D eigenvalue weighted by Crippen LogP contribution is -2.14. The van der Waals surface area contributed by atoms with E-state index >= 15 is 0 Å². The van der Waals surface area contributed by atoms with Crippen LogP contribution in [0.2, 0.25) is 5.02 Å². The largest absolute Gasteiger partial charge is 0.487 e. The van der Waals surface area contributed by atoms with Crippen LogP contribution in [0.3, 0.4) is 0 Å². The predicted octanol–water partition coefficient (Wildman–Crippen LogP) is 3.24. The van der Waals surface area contributed by atoms with Crippen LogP contribution in [-0.2, 0) is 13.7 Å². The molecule has 1 aromatic heterocycles. The van der Waals surface area contributed by atoms with Crippen molar-refractivity contribution in [2.75, 3.05) is 7.05 Å². The first-order chi connectivity index (χ1) is 9.54. The Morgan fingerprint density at radius 2 is 2.10 bits per heavy atom. The molecule has 108 valence electrons. The molecule has 0 radical (unpaired) electrons. The Balaban J connectivity index is 2.19. The van der Waals surface area contributed by atoms with E-state index < -0.39 is 0 Å². The van der Waals surface area contributed by atoms with E-state index in [1.165, 1.54) is 0 Å². The number of hydrogen-bond acceptors (Lipinski definition) is 3. The Labute approximate surface area is 124 Å². The van der Waals surface area contributed by atoms with Gasteiger partial charge in [0.05, 0.1) is 16.4 Å². The summed E-state index contributed by atoms with van der Waals surface area (Å²) in [6.45, 7) is 4.40. The van der Waals surface area contributed by atoms with Gasteiger partial charge in [0.15, 0.2) is 0 Å². The number of aromatic nitrogens is 2. The first-order valence-corrected chi connectivity index (χ1v) is 6.99. The van der Waals surface area contributed by atoms with Crippen LogP contribution in [0.1, 0.15) is 29.9 Å². The zero-order valence-corrected chi connectivity index (χ0v) is 13.0. The molecule has 0 aliphatic heterocycles. The van der Waals surface area contributed by atoms with Crippen molar-refractivity contribution in [2.45, 2.75) is 26.5 Å². The fourth-order valence-corrected chi connectivity index (χ4v) is 2.32. The molecule has 0 saturated heterocycles. The van der Waals surface area contributed by atoms with Crippen LogP contribution in [0, 0.1) is 6.92 Å².